The number of halogens is 1. The summed E-state index contributed by atoms with van der Waals surface area (Å²) in [6.45, 7) is 6.05. The summed E-state index contributed by atoms with van der Waals surface area (Å²) in [4.78, 5) is 20.7. The molecule has 2 aliphatic heterocycles. The van der Waals surface area contributed by atoms with Crippen molar-refractivity contribution in [2.45, 2.75) is 19.4 Å². The zero-order valence-electron chi connectivity index (χ0n) is 12.1. The maximum Gasteiger partial charge on any atom is 0.256 e. The topological polar surface area (TPSA) is 45.7 Å². The van der Waals surface area contributed by atoms with Gasteiger partial charge in [-0.1, -0.05) is 0 Å². The van der Waals surface area contributed by atoms with E-state index in [9.17, 15) is 4.79 Å². The van der Waals surface area contributed by atoms with Crippen LogP contribution in [-0.2, 0) is 11.3 Å². The lowest BCUT2D eigenvalue weighted by atomic mass is 10.1. The van der Waals surface area contributed by atoms with Gasteiger partial charge in [0.2, 0.25) is 0 Å². The maximum atomic E-state index is 11.7. The highest BCUT2D eigenvalue weighted by Crippen LogP contribution is 2.25. The van der Waals surface area contributed by atoms with Gasteiger partial charge in [-0.3, -0.25) is 9.69 Å². The van der Waals surface area contributed by atoms with Gasteiger partial charge in [-0.25, -0.2) is 4.98 Å². The van der Waals surface area contributed by atoms with Crippen molar-refractivity contribution < 1.29 is 9.53 Å². The fourth-order valence-electron chi connectivity index (χ4n) is 2.93. The zero-order valence-corrected chi connectivity index (χ0v) is 12.8. The van der Waals surface area contributed by atoms with E-state index in [0.29, 0.717) is 5.56 Å². The molecule has 0 unspecified atom stereocenters. The van der Waals surface area contributed by atoms with Gasteiger partial charge < -0.3 is 9.64 Å². The monoisotopic (exact) mass is 309 g/mol. The first-order valence-electron chi connectivity index (χ1n) is 7.48. The Morgan fingerprint density at radius 1 is 1.24 bits per heavy atom. The Hall–Kier alpha value is -1.17. The lowest BCUT2D eigenvalue weighted by Gasteiger charge is -2.27. The van der Waals surface area contributed by atoms with Crippen molar-refractivity contribution in [3.8, 4) is 0 Å². The first-order chi connectivity index (χ1) is 10.2. The summed E-state index contributed by atoms with van der Waals surface area (Å²) in [5.41, 5.74) is 1.56. The second-order valence-electron chi connectivity index (χ2n) is 5.57. The Balaban J connectivity index is 1.79. The Kier molecular flexibility index (Phi) is 4.73. The van der Waals surface area contributed by atoms with Crippen LogP contribution in [0.2, 0.25) is 0 Å². The van der Waals surface area contributed by atoms with Crippen molar-refractivity contribution in [2.24, 2.45) is 0 Å². The molecule has 0 N–H and O–H groups in total. The van der Waals surface area contributed by atoms with E-state index in [2.05, 4.69) is 14.8 Å². The van der Waals surface area contributed by atoms with E-state index >= 15 is 0 Å². The molecule has 2 aliphatic rings. The van der Waals surface area contributed by atoms with Crippen LogP contribution in [0.5, 0.6) is 0 Å². The van der Waals surface area contributed by atoms with E-state index in [0.717, 1.165) is 70.2 Å². The fraction of sp³-hybridized carbons (Fsp3) is 0.600. The standard InChI is InChI=1S/C15H20ClN3O2/c16-14(20)13-9-12(11-18-5-7-21-8-6-18)10-17-15(13)19-3-1-2-4-19/h9-10H,1-8,11H2. The van der Waals surface area contributed by atoms with Gasteiger partial charge in [-0.05, 0) is 36.1 Å². The van der Waals surface area contributed by atoms with Crippen LogP contribution in [0.4, 0.5) is 5.82 Å². The summed E-state index contributed by atoms with van der Waals surface area (Å²) < 4.78 is 5.35. The second kappa shape index (κ2) is 6.73. The van der Waals surface area contributed by atoms with Crippen LogP contribution >= 0.6 is 11.6 Å². The molecule has 0 aliphatic carbocycles. The highest BCUT2D eigenvalue weighted by molar-refractivity contribution is 6.68. The van der Waals surface area contributed by atoms with Crippen LogP contribution in [0, 0.1) is 0 Å². The molecule has 5 nitrogen and oxygen atoms in total. The average Bonchev–Trinajstić information content (AvgIpc) is 3.02. The smallest absolute Gasteiger partial charge is 0.256 e. The molecule has 114 valence electrons. The Morgan fingerprint density at radius 3 is 2.62 bits per heavy atom. The predicted molar refractivity (Wildman–Crippen MR) is 82.0 cm³/mol. The molecule has 6 heteroatoms. The number of carbonyl (C=O) groups is 1. The second-order valence-corrected chi connectivity index (χ2v) is 5.91. The molecule has 3 heterocycles. The van der Waals surface area contributed by atoms with E-state index < -0.39 is 5.24 Å². The quantitative estimate of drug-likeness (QED) is 0.795. The number of hydrogen-bond donors (Lipinski definition) is 0. The van der Waals surface area contributed by atoms with Crippen molar-refractivity contribution in [1.29, 1.82) is 0 Å². The number of nitrogens with zero attached hydrogens (tertiary/aromatic N) is 3. The minimum atomic E-state index is -0.423. The number of aromatic nitrogens is 1. The molecular weight excluding hydrogens is 290 g/mol. The van der Waals surface area contributed by atoms with Gasteiger partial charge in [0.25, 0.3) is 5.24 Å². The summed E-state index contributed by atoms with van der Waals surface area (Å²) in [6, 6.07) is 1.89. The normalized spacial score (nSPS) is 20.0. The third kappa shape index (κ3) is 3.54. The molecule has 0 aromatic carbocycles. The highest BCUT2D eigenvalue weighted by Gasteiger charge is 2.21. The van der Waals surface area contributed by atoms with Crippen molar-refractivity contribution in [1.82, 2.24) is 9.88 Å². The molecule has 0 amide bonds. The SMILES string of the molecule is O=C(Cl)c1cc(CN2CCOCC2)cnc1N1CCCC1. The molecule has 1 aromatic heterocycles. The molecule has 3 rings (SSSR count). The lowest BCUT2D eigenvalue weighted by molar-refractivity contribution is 0.0341. The van der Waals surface area contributed by atoms with Crippen molar-refractivity contribution in [3.63, 3.8) is 0 Å². The third-order valence-electron chi connectivity index (χ3n) is 4.05. The first-order valence-corrected chi connectivity index (χ1v) is 7.85. The number of morpholine rings is 1. The van der Waals surface area contributed by atoms with Crippen LogP contribution in [0.1, 0.15) is 28.8 Å². The van der Waals surface area contributed by atoms with E-state index in [-0.39, 0.29) is 0 Å². The Labute approximate surface area is 129 Å². The predicted octanol–water partition coefficient (Wildman–Crippen LogP) is 1.89. The van der Waals surface area contributed by atoms with Crippen LogP contribution in [-0.4, -0.2) is 54.5 Å². The molecule has 2 saturated heterocycles. The molecule has 0 radical (unpaired) electrons. The van der Waals surface area contributed by atoms with E-state index in [1.165, 1.54) is 0 Å². The van der Waals surface area contributed by atoms with Crippen LogP contribution in [0.25, 0.3) is 0 Å². The van der Waals surface area contributed by atoms with Gasteiger partial charge in [-0.15, -0.1) is 0 Å². The van der Waals surface area contributed by atoms with Gasteiger partial charge in [-0.2, -0.15) is 0 Å². The van der Waals surface area contributed by atoms with Crippen LogP contribution in [0.15, 0.2) is 12.3 Å². The molecule has 1 aromatic rings. The molecule has 21 heavy (non-hydrogen) atoms. The van der Waals surface area contributed by atoms with Crippen molar-refractivity contribution in [3.05, 3.63) is 23.4 Å². The Bertz CT molecular complexity index is 512. The van der Waals surface area contributed by atoms with Gasteiger partial charge in [0.1, 0.15) is 5.82 Å². The molecule has 2 fully saturated rings. The number of carbonyl (C=O) groups excluding carboxylic acids is 1. The van der Waals surface area contributed by atoms with Crippen LogP contribution in [0.3, 0.4) is 0 Å². The van der Waals surface area contributed by atoms with E-state index in [1.54, 1.807) is 0 Å². The Morgan fingerprint density at radius 2 is 1.95 bits per heavy atom. The van der Waals surface area contributed by atoms with E-state index in [1.807, 2.05) is 12.3 Å². The summed E-state index contributed by atoms with van der Waals surface area (Å²) in [7, 11) is 0. The average molecular weight is 310 g/mol. The molecule has 0 atom stereocenters. The minimum absolute atomic E-state index is 0.423. The number of hydrogen-bond acceptors (Lipinski definition) is 5. The summed E-state index contributed by atoms with van der Waals surface area (Å²) in [5, 5.41) is -0.423. The van der Waals surface area contributed by atoms with Crippen LogP contribution < -0.4 is 4.90 Å². The number of ether oxygens (including phenoxy) is 1. The molecule has 0 spiro atoms. The van der Waals surface area contributed by atoms with Crippen molar-refractivity contribution >= 4 is 22.7 Å². The van der Waals surface area contributed by atoms with Gasteiger partial charge in [0, 0.05) is 38.9 Å². The largest absolute Gasteiger partial charge is 0.379 e. The van der Waals surface area contributed by atoms with Gasteiger partial charge in [0.15, 0.2) is 0 Å². The number of anilines is 1. The first kappa shape index (κ1) is 14.8. The van der Waals surface area contributed by atoms with Gasteiger partial charge >= 0.3 is 0 Å². The summed E-state index contributed by atoms with van der Waals surface area (Å²) in [5.74, 6) is 0.734. The molecule has 0 bridgehead atoms. The highest BCUT2D eigenvalue weighted by atomic mass is 35.5. The van der Waals surface area contributed by atoms with E-state index in [4.69, 9.17) is 16.3 Å². The molecular formula is C15H20ClN3O2. The number of rotatable bonds is 4. The molecule has 0 saturated carbocycles. The third-order valence-corrected chi connectivity index (χ3v) is 4.25. The lowest BCUT2D eigenvalue weighted by Crippen LogP contribution is -2.35. The number of pyridine rings is 1. The van der Waals surface area contributed by atoms with Gasteiger partial charge in [0.05, 0.1) is 18.8 Å². The summed E-state index contributed by atoms with van der Waals surface area (Å²) in [6.07, 6.45) is 4.16. The van der Waals surface area contributed by atoms with Crippen molar-refractivity contribution in [2.75, 3.05) is 44.3 Å². The summed E-state index contributed by atoms with van der Waals surface area (Å²) >= 11 is 5.76. The zero-order chi connectivity index (χ0) is 14.7. The minimum Gasteiger partial charge on any atom is -0.379 e. The maximum absolute atomic E-state index is 11.7. The fourth-order valence-corrected chi connectivity index (χ4v) is 3.07.